The van der Waals surface area contributed by atoms with E-state index >= 15 is 0 Å². The molecule has 0 radical (unpaired) electrons. The third-order valence-electron chi connectivity index (χ3n) is 4.46. The van der Waals surface area contributed by atoms with Crippen molar-refractivity contribution in [3.63, 3.8) is 0 Å². The summed E-state index contributed by atoms with van der Waals surface area (Å²) in [5, 5.41) is 7.88. The van der Waals surface area contributed by atoms with E-state index < -0.39 is 0 Å². The molecule has 19 heavy (non-hydrogen) atoms. The van der Waals surface area contributed by atoms with Gasteiger partial charge in [-0.25, -0.2) is 0 Å². The Hall–Kier alpha value is -0.870. The van der Waals surface area contributed by atoms with Crippen molar-refractivity contribution >= 4 is 0 Å². The number of aromatic nitrogens is 2. The summed E-state index contributed by atoms with van der Waals surface area (Å²) in [5.41, 5.74) is 1.35. The topological polar surface area (TPSA) is 33.1 Å². The van der Waals surface area contributed by atoms with Gasteiger partial charge in [-0.3, -0.25) is 4.68 Å². The number of hydrogen-bond acceptors (Lipinski definition) is 3. The van der Waals surface area contributed by atoms with E-state index in [0.29, 0.717) is 0 Å². The third kappa shape index (κ3) is 3.80. The van der Waals surface area contributed by atoms with Crippen LogP contribution in [-0.2, 0) is 13.5 Å². The van der Waals surface area contributed by atoms with Gasteiger partial charge in [-0.15, -0.1) is 0 Å². The molecule has 106 valence electrons. The summed E-state index contributed by atoms with van der Waals surface area (Å²) in [6, 6.07) is 2.87. The van der Waals surface area contributed by atoms with Crippen molar-refractivity contribution in [2.24, 2.45) is 13.0 Å². The first-order chi connectivity index (χ1) is 9.31. The Bertz CT molecular complexity index is 391. The summed E-state index contributed by atoms with van der Waals surface area (Å²) in [6.07, 6.45) is 8.62. The van der Waals surface area contributed by atoms with Crippen molar-refractivity contribution in [2.45, 2.75) is 38.1 Å². The second kappa shape index (κ2) is 6.06. The fraction of sp³-hybridized carbons (Fsp3) is 0.800. The lowest BCUT2D eigenvalue weighted by atomic mass is 10.2. The van der Waals surface area contributed by atoms with Crippen molar-refractivity contribution in [3.05, 3.63) is 18.0 Å². The average molecular weight is 262 g/mol. The van der Waals surface area contributed by atoms with Crippen LogP contribution in [0.15, 0.2) is 12.3 Å². The minimum Gasteiger partial charge on any atom is -0.313 e. The van der Waals surface area contributed by atoms with Crippen molar-refractivity contribution in [1.29, 1.82) is 0 Å². The van der Waals surface area contributed by atoms with Crippen LogP contribution in [0.25, 0.3) is 0 Å². The Labute approximate surface area is 116 Å². The Kier molecular flexibility index (Phi) is 4.18. The Morgan fingerprint density at radius 1 is 1.37 bits per heavy atom. The van der Waals surface area contributed by atoms with Crippen LogP contribution in [0.5, 0.6) is 0 Å². The number of rotatable bonds is 7. The first-order valence-corrected chi connectivity index (χ1v) is 7.74. The van der Waals surface area contributed by atoms with Gasteiger partial charge in [-0.05, 0) is 44.2 Å². The van der Waals surface area contributed by atoms with Gasteiger partial charge in [0, 0.05) is 51.0 Å². The molecule has 2 fully saturated rings. The van der Waals surface area contributed by atoms with E-state index in [1.807, 2.05) is 17.9 Å². The maximum Gasteiger partial charge on any atom is 0.0492 e. The molecule has 0 spiro atoms. The summed E-state index contributed by atoms with van der Waals surface area (Å²) in [5.74, 6) is 0.980. The SMILES string of the molecule is Cn1nccc1CCN(CC1CC1)CC1CCCN1. The molecule has 4 nitrogen and oxygen atoms in total. The first kappa shape index (κ1) is 13.1. The molecule has 4 heteroatoms. The van der Waals surface area contributed by atoms with E-state index in [2.05, 4.69) is 21.4 Å². The third-order valence-corrected chi connectivity index (χ3v) is 4.46. The largest absolute Gasteiger partial charge is 0.313 e. The van der Waals surface area contributed by atoms with Gasteiger partial charge in [0.05, 0.1) is 0 Å². The summed E-state index contributed by atoms with van der Waals surface area (Å²) in [7, 11) is 2.04. The molecular weight excluding hydrogens is 236 g/mol. The standard InChI is InChI=1S/C15H26N4/c1-18-15(6-9-17-18)7-10-19(11-13-4-5-13)12-14-3-2-8-16-14/h6,9,13-14,16H,2-5,7-8,10-12H2,1H3. The van der Waals surface area contributed by atoms with Gasteiger partial charge in [0.15, 0.2) is 0 Å². The predicted octanol–water partition coefficient (Wildman–Crippen LogP) is 1.43. The van der Waals surface area contributed by atoms with E-state index in [9.17, 15) is 0 Å². The highest BCUT2D eigenvalue weighted by atomic mass is 15.3. The lowest BCUT2D eigenvalue weighted by Gasteiger charge is -2.25. The normalized spacial score (nSPS) is 23.4. The van der Waals surface area contributed by atoms with Crippen LogP contribution >= 0.6 is 0 Å². The smallest absolute Gasteiger partial charge is 0.0492 e. The van der Waals surface area contributed by atoms with Crippen LogP contribution in [0.2, 0.25) is 0 Å². The van der Waals surface area contributed by atoms with Crippen molar-refractivity contribution in [1.82, 2.24) is 20.0 Å². The average Bonchev–Trinajstić information content (AvgIpc) is 2.88. The molecule has 1 atom stereocenters. The van der Waals surface area contributed by atoms with Crippen molar-refractivity contribution < 1.29 is 0 Å². The Morgan fingerprint density at radius 3 is 2.89 bits per heavy atom. The maximum atomic E-state index is 4.26. The van der Waals surface area contributed by atoms with E-state index in [1.54, 1.807) is 0 Å². The molecule has 1 aromatic rings. The molecule has 2 aliphatic rings. The zero-order valence-corrected chi connectivity index (χ0v) is 12.0. The number of hydrogen-bond donors (Lipinski definition) is 1. The van der Waals surface area contributed by atoms with Gasteiger partial charge in [0.1, 0.15) is 0 Å². The molecular formula is C15H26N4. The second-order valence-corrected chi connectivity index (χ2v) is 6.19. The molecule has 1 aromatic heterocycles. The number of nitrogens with one attached hydrogen (secondary N) is 1. The predicted molar refractivity (Wildman–Crippen MR) is 77.1 cm³/mol. The quantitative estimate of drug-likeness (QED) is 0.807. The molecule has 1 aliphatic carbocycles. The van der Waals surface area contributed by atoms with Gasteiger partial charge in [-0.2, -0.15) is 5.10 Å². The second-order valence-electron chi connectivity index (χ2n) is 6.19. The summed E-state index contributed by atoms with van der Waals surface area (Å²) in [4.78, 5) is 2.67. The molecule has 1 N–H and O–H groups in total. The monoisotopic (exact) mass is 262 g/mol. The fourth-order valence-electron chi connectivity index (χ4n) is 3.07. The molecule has 1 unspecified atom stereocenters. The van der Waals surface area contributed by atoms with Crippen molar-refractivity contribution in [2.75, 3.05) is 26.2 Å². The minimum atomic E-state index is 0.727. The Morgan fingerprint density at radius 2 is 2.26 bits per heavy atom. The van der Waals surface area contributed by atoms with E-state index in [0.717, 1.165) is 18.4 Å². The highest BCUT2D eigenvalue weighted by molar-refractivity contribution is 5.00. The van der Waals surface area contributed by atoms with Crippen LogP contribution in [-0.4, -0.2) is 46.9 Å². The minimum absolute atomic E-state index is 0.727. The zero-order valence-electron chi connectivity index (χ0n) is 12.0. The van der Waals surface area contributed by atoms with E-state index in [-0.39, 0.29) is 0 Å². The highest BCUT2D eigenvalue weighted by Gasteiger charge is 2.26. The zero-order chi connectivity index (χ0) is 13.1. The fourth-order valence-corrected chi connectivity index (χ4v) is 3.07. The first-order valence-electron chi connectivity index (χ1n) is 7.74. The molecule has 0 aromatic carbocycles. The molecule has 2 heterocycles. The molecule has 1 saturated heterocycles. The maximum absolute atomic E-state index is 4.26. The summed E-state index contributed by atoms with van der Waals surface area (Å²) >= 11 is 0. The number of nitrogens with zero attached hydrogens (tertiary/aromatic N) is 3. The van der Waals surface area contributed by atoms with Crippen molar-refractivity contribution in [3.8, 4) is 0 Å². The molecule has 0 bridgehead atoms. The van der Waals surface area contributed by atoms with Gasteiger partial charge in [0.25, 0.3) is 0 Å². The van der Waals surface area contributed by atoms with E-state index in [1.165, 1.54) is 57.6 Å². The van der Waals surface area contributed by atoms with Gasteiger partial charge in [-0.1, -0.05) is 0 Å². The number of aryl methyl sites for hydroxylation is 1. The van der Waals surface area contributed by atoms with Crippen LogP contribution in [0.3, 0.4) is 0 Å². The van der Waals surface area contributed by atoms with E-state index in [4.69, 9.17) is 0 Å². The summed E-state index contributed by atoms with van der Waals surface area (Å²) < 4.78 is 2.00. The van der Waals surface area contributed by atoms with Crippen LogP contribution < -0.4 is 5.32 Å². The van der Waals surface area contributed by atoms with Crippen LogP contribution in [0, 0.1) is 5.92 Å². The molecule has 1 saturated carbocycles. The van der Waals surface area contributed by atoms with Gasteiger partial charge in [0.2, 0.25) is 0 Å². The molecule has 3 rings (SSSR count). The highest BCUT2D eigenvalue weighted by Crippen LogP contribution is 2.30. The van der Waals surface area contributed by atoms with Gasteiger partial charge < -0.3 is 10.2 Å². The Balaban J connectivity index is 1.50. The molecule has 1 aliphatic heterocycles. The lowest BCUT2D eigenvalue weighted by Crippen LogP contribution is -2.39. The molecule has 0 amide bonds. The van der Waals surface area contributed by atoms with Crippen LogP contribution in [0.4, 0.5) is 0 Å². The van der Waals surface area contributed by atoms with Gasteiger partial charge >= 0.3 is 0 Å². The lowest BCUT2D eigenvalue weighted by molar-refractivity contribution is 0.241. The summed E-state index contributed by atoms with van der Waals surface area (Å²) in [6.45, 7) is 4.92. The van der Waals surface area contributed by atoms with Crippen LogP contribution in [0.1, 0.15) is 31.4 Å².